The van der Waals surface area contributed by atoms with Crippen LogP contribution in [0, 0.1) is 0 Å². The molecule has 0 spiro atoms. The van der Waals surface area contributed by atoms with Crippen molar-refractivity contribution in [3.63, 3.8) is 0 Å². The molecule has 0 aliphatic heterocycles. The standard InChI is InChI=1S/C14H19NO2.HI/c1-4-13(16)17-10-9-11-7-5-6-8-12(11)14(2,3)15;/h4-8H,1,9-10,15H2,2-3H3;1H. The van der Waals surface area contributed by atoms with Crippen LogP contribution >= 0.6 is 0 Å². The van der Waals surface area contributed by atoms with Crippen LogP contribution in [-0.4, -0.2) is 12.6 Å². The van der Waals surface area contributed by atoms with Gasteiger partial charge in [-0.1, -0.05) is 30.8 Å². The number of benzene rings is 1. The van der Waals surface area contributed by atoms with Gasteiger partial charge in [-0.05, 0) is 19.4 Å². The predicted molar refractivity (Wildman–Crippen MR) is 67.2 cm³/mol. The molecule has 0 unspecified atom stereocenters. The Morgan fingerprint density at radius 2 is 2.06 bits per heavy atom. The summed E-state index contributed by atoms with van der Waals surface area (Å²) in [5, 5.41) is 0. The second-order valence-corrected chi connectivity index (χ2v) is 4.66. The van der Waals surface area contributed by atoms with E-state index in [9.17, 15) is 4.79 Å². The first-order valence-electron chi connectivity index (χ1n) is 5.68. The van der Waals surface area contributed by atoms with Crippen molar-refractivity contribution < 1.29 is 39.2 Å². The highest BCUT2D eigenvalue weighted by Crippen LogP contribution is 2.20. The smallest absolute Gasteiger partial charge is 0.330 e. The lowest BCUT2D eigenvalue weighted by atomic mass is 9.90. The van der Waals surface area contributed by atoms with Crippen LogP contribution < -0.4 is 29.7 Å². The summed E-state index contributed by atoms with van der Waals surface area (Å²) in [6.07, 6.45) is 1.88. The molecule has 0 aliphatic rings. The quantitative estimate of drug-likeness (QED) is 0.392. The molecule has 100 valence electrons. The van der Waals surface area contributed by atoms with E-state index in [2.05, 4.69) is 32.2 Å². The molecule has 0 saturated carbocycles. The van der Waals surface area contributed by atoms with Crippen molar-refractivity contribution in [1.29, 1.82) is 0 Å². The number of carbonyl (C=O) groups excluding carboxylic acids is 1. The van der Waals surface area contributed by atoms with Gasteiger partial charge in [0.2, 0.25) is 0 Å². The van der Waals surface area contributed by atoms with Crippen molar-refractivity contribution >= 4 is 5.97 Å². The van der Waals surface area contributed by atoms with Crippen LogP contribution in [0.3, 0.4) is 0 Å². The zero-order valence-electron chi connectivity index (χ0n) is 10.9. The molecule has 0 aliphatic carbocycles. The van der Waals surface area contributed by atoms with Crippen molar-refractivity contribution in [3.05, 3.63) is 48.0 Å². The lowest BCUT2D eigenvalue weighted by Gasteiger charge is -2.19. The number of rotatable bonds is 5. The summed E-state index contributed by atoms with van der Waals surface area (Å²) in [4.78, 5) is 10.9. The summed E-state index contributed by atoms with van der Waals surface area (Å²) in [7, 11) is 0. The average molecular weight is 361 g/mol. The van der Waals surface area contributed by atoms with E-state index in [1.165, 1.54) is 17.2 Å². The van der Waals surface area contributed by atoms with Gasteiger partial charge in [-0.25, -0.2) is 4.79 Å². The number of esters is 1. The Bertz CT molecular complexity index is 411. The van der Waals surface area contributed by atoms with E-state index < -0.39 is 0 Å². The lowest BCUT2D eigenvalue weighted by molar-refractivity contribution is -0.475. The van der Waals surface area contributed by atoms with Gasteiger partial charge in [-0.2, -0.15) is 0 Å². The Kier molecular flexibility index (Phi) is 7.16. The molecule has 0 aromatic heterocycles. The van der Waals surface area contributed by atoms with E-state index in [1.807, 2.05) is 18.2 Å². The van der Waals surface area contributed by atoms with E-state index in [0.717, 1.165) is 0 Å². The maximum atomic E-state index is 10.9. The summed E-state index contributed by atoms with van der Waals surface area (Å²) < 4.78 is 4.99. The summed E-state index contributed by atoms with van der Waals surface area (Å²) >= 11 is 0. The SMILES string of the molecule is C=CC(=O)OCCc1ccccc1C(C)(C)[NH3+].[I-]. The molecular weight excluding hydrogens is 341 g/mol. The molecule has 0 heterocycles. The number of carbonyl (C=O) groups is 1. The first kappa shape index (κ1) is 17.1. The minimum atomic E-state index is -0.378. The van der Waals surface area contributed by atoms with Gasteiger partial charge in [0.25, 0.3) is 0 Å². The predicted octanol–water partition coefficient (Wildman–Crippen LogP) is -1.56. The van der Waals surface area contributed by atoms with Gasteiger partial charge in [-0.3, -0.25) is 0 Å². The minimum absolute atomic E-state index is 0. The topological polar surface area (TPSA) is 53.9 Å². The van der Waals surface area contributed by atoms with Crippen molar-refractivity contribution in [3.8, 4) is 0 Å². The fourth-order valence-corrected chi connectivity index (χ4v) is 1.72. The maximum Gasteiger partial charge on any atom is 0.330 e. The molecule has 1 aromatic carbocycles. The number of halogens is 1. The van der Waals surface area contributed by atoms with Gasteiger partial charge in [-0.15, -0.1) is 0 Å². The van der Waals surface area contributed by atoms with Crippen LogP contribution in [0.4, 0.5) is 0 Å². The van der Waals surface area contributed by atoms with Crippen molar-refractivity contribution in [2.45, 2.75) is 25.8 Å². The third kappa shape index (κ3) is 5.18. The molecule has 3 nitrogen and oxygen atoms in total. The molecule has 3 N–H and O–H groups in total. The summed E-state index contributed by atoms with van der Waals surface area (Å²) in [6.45, 7) is 7.87. The second-order valence-electron chi connectivity index (χ2n) is 4.66. The number of hydrogen-bond donors (Lipinski definition) is 1. The molecule has 1 aromatic rings. The molecule has 0 fully saturated rings. The molecule has 0 atom stereocenters. The minimum Gasteiger partial charge on any atom is -1.00 e. The highest BCUT2D eigenvalue weighted by atomic mass is 127. The van der Waals surface area contributed by atoms with Gasteiger partial charge in [0, 0.05) is 18.1 Å². The third-order valence-electron chi connectivity index (χ3n) is 2.53. The van der Waals surface area contributed by atoms with Gasteiger partial charge < -0.3 is 34.4 Å². The van der Waals surface area contributed by atoms with Gasteiger partial charge >= 0.3 is 5.97 Å². The fourth-order valence-electron chi connectivity index (χ4n) is 1.72. The maximum absolute atomic E-state index is 10.9. The third-order valence-corrected chi connectivity index (χ3v) is 2.53. The zero-order valence-corrected chi connectivity index (χ0v) is 13.1. The van der Waals surface area contributed by atoms with E-state index in [-0.39, 0.29) is 35.5 Å². The Morgan fingerprint density at radius 3 is 2.61 bits per heavy atom. The number of quaternary nitrogens is 1. The van der Waals surface area contributed by atoms with E-state index in [0.29, 0.717) is 13.0 Å². The molecule has 4 heteroatoms. The van der Waals surface area contributed by atoms with Crippen LogP contribution in [0.5, 0.6) is 0 Å². The normalized spacial score (nSPS) is 10.4. The van der Waals surface area contributed by atoms with Crippen LogP contribution in [0.25, 0.3) is 0 Å². The van der Waals surface area contributed by atoms with Crippen LogP contribution in [-0.2, 0) is 21.5 Å². The Labute approximate surface area is 125 Å². The summed E-state index contributed by atoms with van der Waals surface area (Å²) in [5.41, 5.74) is 6.36. The highest BCUT2D eigenvalue weighted by Gasteiger charge is 2.21. The molecular formula is C14H20INO2. The van der Waals surface area contributed by atoms with Gasteiger partial charge in [0.1, 0.15) is 5.54 Å². The Morgan fingerprint density at radius 1 is 1.44 bits per heavy atom. The van der Waals surface area contributed by atoms with Crippen molar-refractivity contribution in [2.75, 3.05) is 6.61 Å². The highest BCUT2D eigenvalue weighted by molar-refractivity contribution is 5.81. The Balaban J connectivity index is 0.00000289. The van der Waals surface area contributed by atoms with Crippen LogP contribution in [0.15, 0.2) is 36.9 Å². The largest absolute Gasteiger partial charge is 1.00 e. The van der Waals surface area contributed by atoms with Gasteiger partial charge in [0.15, 0.2) is 0 Å². The molecule has 1 rings (SSSR count). The second kappa shape index (κ2) is 7.53. The molecule has 0 saturated heterocycles. The van der Waals surface area contributed by atoms with Crippen LogP contribution in [0.1, 0.15) is 25.0 Å². The molecule has 0 bridgehead atoms. The average Bonchev–Trinajstić information content (AvgIpc) is 2.28. The first-order chi connectivity index (χ1) is 7.95. The molecule has 18 heavy (non-hydrogen) atoms. The monoisotopic (exact) mass is 361 g/mol. The number of ether oxygens (including phenoxy) is 1. The summed E-state index contributed by atoms with van der Waals surface area (Å²) in [5.74, 6) is -0.378. The first-order valence-corrected chi connectivity index (χ1v) is 5.68. The molecule has 0 amide bonds. The fraction of sp³-hybridized carbons (Fsp3) is 0.357. The van der Waals surface area contributed by atoms with Crippen LogP contribution in [0.2, 0.25) is 0 Å². The molecule has 0 radical (unpaired) electrons. The Hall–Kier alpha value is -0.880. The van der Waals surface area contributed by atoms with Gasteiger partial charge in [0.05, 0.1) is 6.61 Å². The number of hydrogen-bond acceptors (Lipinski definition) is 2. The van der Waals surface area contributed by atoms with E-state index in [1.54, 1.807) is 0 Å². The lowest BCUT2D eigenvalue weighted by Crippen LogP contribution is -3.00. The van der Waals surface area contributed by atoms with Crippen molar-refractivity contribution in [1.82, 2.24) is 0 Å². The zero-order chi connectivity index (χ0) is 12.9. The van der Waals surface area contributed by atoms with E-state index in [4.69, 9.17) is 4.74 Å². The van der Waals surface area contributed by atoms with E-state index >= 15 is 0 Å². The summed E-state index contributed by atoms with van der Waals surface area (Å²) in [6, 6.07) is 8.10. The van der Waals surface area contributed by atoms with Crippen molar-refractivity contribution in [2.24, 2.45) is 0 Å².